The number of carbonyl (C=O) groups is 1. The van der Waals surface area contributed by atoms with E-state index >= 15 is 0 Å². The Morgan fingerprint density at radius 1 is 1.14 bits per heavy atom. The molecule has 0 radical (unpaired) electrons. The highest BCUT2D eigenvalue weighted by molar-refractivity contribution is 7.21. The summed E-state index contributed by atoms with van der Waals surface area (Å²) in [6.07, 6.45) is -4.46. The van der Waals surface area contributed by atoms with Crippen molar-refractivity contribution in [3.63, 3.8) is 0 Å². The number of allylic oxidation sites excluding steroid dienone is 1. The lowest BCUT2D eigenvalue weighted by Gasteiger charge is -2.26. The maximum absolute atomic E-state index is 14.0. The van der Waals surface area contributed by atoms with Crippen LogP contribution in [0.3, 0.4) is 0 Å². The second kappa shape index (κ2) is 9.22. The largest absolute Gasteiger partial charge is 0.493 e. The van der Waals surface area contributed by atoms with E-state index < -0.39 is 35.6 Å². The van der Waals surface area contributed by atoms with Gasteiger partial charge in [0.15, 0.2) is 0 Å². The normalized spacial score (nSPS) is 15.2. The molecule has 11 heteroatoms. The van der Waals surface area contributed by atoms with Crippen LogP contribution in [0, 0.1) is 11.6 Å². The minimum Gasteiger partial charge on any atom is -0.493 e. The Morgan fingerprint density at radius 3 is 2.51 bits per heavy atom. The lowest BCUT2D eigenvalue weighted by molar-refractivity contribution is -0.144. The number of amides is 1. The van der Waals surface area contributed by atoms with Crippen LogP contribution in [0.4, 0.5) is 22.0 Å². The Morgan fingerprint density at radius 2 is 1.84 bits per heavy atom. The van der Waals surface area contributed by atoms with Gasteiger partial charge in [0.1, 0.15) is 22.3 Å². The van der Waals surface area contributed by atoms with Crippen LogP contribution in [0.25, 0.3) is 27.0 Å². The lowest BCUT2D eigenvalue weighted by Crippen LogP contribution is -2.32. The number of thiophene rings is 1. The molecule has 4 aromatic rings. The predicted molar refractivity (Wildman–Crippen MR) is 129 cm³/mol. The van der Waals surface area contributed by atoms with Gasteiger partial charge in [-0.2, -0.15) is 13.2 Å². The maximum Gasteiger partial charge on any atom is 0.451 e. The van der Waals surface area contributed by atoms with Gasteiger partial charge in [-0.25, -0.2) is 18.7 Å². The van der Waals surface area contributed by atoms with E-state index in [0.29, 0.717) is 30.4 Å². The molecule has 0 fully saturated rings. The predicted octanol–water partition coefficient (Wildman–Crippen LogP) is 6.94. The minimum atomic E-state index is -4.95. The number of aromatic nitrogens is 2. The van der Waals surface area contributed by atoms with Crippen LogP contribution in [0.2, 0.25) is 0 Å². The average Bonchev–Trinajstić information content (AvgIpc) is 3.23. The third-order valence-electron chi connectivity index (χ3n) is 5.82. The number of para-hydroxylation sites is 1. The van der Waals surface area contributed by atoms with Crippen molar-refractivity contribution in [3.8, 4) is 17.0 Å². The molecule has 0 saturated carbocycles. The first-order chi connectivity index (χ1) is 17.5. The molecule has 1 atom stereocenters. The molecule has 1 aliphatic heterocycles. The Hall–Kier alpha value is -3.86. The van der Waals surface area contributed by atoms with Gasteiger partial charge in [-0.1, -0.05) is 24.8 Å². The van der Waals surface area contributed by atoms with Crippen molar-refractivity contribution in [2.24, 2.45) is 0 Å². The van der Waals surface area contributed by atoms with Gasteiger partial charge < -0.3 is 10.1 Å². The van der Waals surface area contributed by atoms with Crippen molar-refractivity contribution in [2.45, 2.75) is 25.6 Å². The molecule has 190 valence electrons. The van der Waals surface area contributed by atoms with E-state index in [-0.39, 0.29) is 31.9 Å². The summed E-state index contributed by atoms with van der Waals surface area (Å²) in [6, 6.07) is 9.19. The standard InChI is InChI=1S/C26H18F5N3O2S/c1-12(2)19-21-23(20(33-25(34-21)26(29,30)31)13-9-14(27)11-15(28)10-13)37-22(19)24(35)32-17-7-8-36-18-6-4-3-5-16(17)18/h3-6,9-11,17H,1,7-8H2,2H3,(H,32,35)/t17-/m0/s1. The van der Waals surface area contributed by atoms with Crippen LogP contribution >= 0.6 is 11.3 Å². The Balaban J connectivity index is 1.69. The quantitative estimate of drug-likeness (QED) is 0.290. The molecule has 1 N–H and O–H groups in total. The highest BCUT2D eigenvalue weighted by Crippen LogP contribution is 2.42. The number of fused-ring (bicyclic) bond motifs is 2. The first-order valence-electron chi connectivity index (χ1n) is 11.1. The highest BCUT2D eigenvalue weighted by atomic mass is 32.1. The van der Waals surface area contributed by atoms with Crippen LogP contribution in [0.15, 0.2) is 49.0 Å². The van der Waals surface area contributed by atoms with Crippen molar-refractivity contribution < 1.29 is 31.5 Å². The van der Waals surface area contributed by atoms with Gasteiger partial charge in [-0.05, 0) is 30.7 Å². The average molecular weight is 532 g/mol. The molecule has 2 aromatic carbocycles. The van der Waals surface area contributed by atoms with Crippen molar-refractivity contribution in [1.82, 2.24) is 15.3 Å². The van der Waals surface area contributed by atoms with Crippen molar-refractivity contribution in [3.05, 3.63) is 82.5 Å². The second-order valence-corrected chi connectivity index (χ2v) is 9.54. The lowest BCUT2D eigenvalue weighted by atomic mass is 10.00. The Labute approximate surface area is 211 Å². The summed E-state index contributed by atoms with van der Waals surface area (Å²) in [5.41, 5.74) is 0.469. The molecule has 0 bridgehead atoms. The fourth-order valence-corrected chi connectivity index (χ4v) is 5.50. The van der Waals surface area contributed by atoms with Crippen molar-refractivity contribution in [1.29, 1.82) is 0 Å². The second-order valence-electron chi connectivity index (χ2n) is 8.52. The zero-order valence-electron chi connectivity index (χ0n) is 19.2. The van der Waals surface area contributed by atoms with Crippen LogP contribution in [-0.4, -0.2) is 22.5 Å². The summed E-state index contributed by atoms with van der Waals surface area (Å²) >= 11 is 0.841. The number of rotatable bonds is 4. The van der Waals surface area contributed by atoms with Gasteiger partial charge in [0, 0.05) is 29.2 Å². The molecule has 0 saturated heterocycles. The number of benzene rings is 2. The molecule has 3 heterocycles. The van der Waals surface area contributed by atoms with E-state index in [0.717, 1.165) is 29.0 Å². The number of nitrogens with zero attached hydrogens (tertiary/aromatic N) is 2. The number of nitrogens with one attached hydrogen (secondary N) is 1. The molecular formula is C26H18F5N3O2S. The van der Waals surface area contributed by atoms with Crippen molar-refractivity contribution in [2.75, 3.05) is 6.61 Å². The van der Waals surface area contributed by atoms with Gasteiger partial charge >= 0.3 is 6.18 Å². The number of halogens is 5. The molecule has 0 spiro atoms. The first kappa shape index (κ1) is 24.8. The van der Waals surface area contributed by atoms with Crippen molar-refractivity contribution >= 4 is 33.0 Å². The van der Waals surface area contributed by atoms with Crippen LogP contribution in [0.5, 0.6) is 5.75 Å². The number of alkyl halides is 3. The molecule has 2 aromatic heterocycles. The molecule has 5 nitrogen and oxygen atoms in total. The Kier molecular flexibility index (Phi) is 6.18. The van der Waals surface area contributed by atoms with Crippen LogP contribution in [-0.2, 0) is 6.18 Å². The molecule has 5 rings (SSSR count). The van der Waals surface area contributed by atoms with Crippen LogP contribution in [0.1, 0.15) is 46.0 Å². The number of carbonyl (C=O) groups excluding carboxylic acids is 1. The van der Waals surface area contributed by atoms with Gasteiger partial charge in [0.2, 0.25) is 5.82 Å². The first-order valence-corrected chi connectivity index (χ1v) is 11.9. The number of hydrogen-bond donors (Lipinski definition) is 1. The van der Waals surface area contributed by atoms with Gasteiger partial charge in [-0.3, -0.25) is 4.79 Å². The summed E-state index contributed by atoms with van der Waals surface area (Å²) in [7, 11) is 0. The number of ether oxygens (including phenoxy) is 1. The van der Waals surface area contributed by atoms with E-state index in [1.165, 1.54) is 0 Å². The summed E-state index contributed by atoms with van der Waals surface area (Å²) in [4.78, 5) is 20.9. The smallest absolute Gasteiger partial charge is 0.451 e. The topological polar surface area (TPSA) is 64.1 Å². The maximum atomic E-state index is 14.0. The molecular weight excluding hydrogens is 513 g/mol. The molecule has 37 heavy (non-hydrogen) atoms. The summed E-state index contributed by atoms with van der Waals surface area (Å²) in [5.74, 6) is -3.38. The van der Waals surface area contributed by atoms with Gasteiger partial charge in [0.05, 0.1) is 28.6 Å². The van der Waals surface area contributed by atoms with E-state index in [1.807, 2.05) is 18.2 Å². The summed E-state index contributed by atoms with van der Waals surface area (Å²) in [5, 5.41) is 2.93. The van der Waals surface area contributed by atoms with E-state index in [2.05, 4.69) is 21.9 Å². The fourth-order valence-electron chi connectivity index (χ4n) is 4.26. The molecule has 0 unspecified atom stereocenters. The third-order valence-corrected chi connectivity index (χ3v) is 7.00. The summed E-state index contributed by atoms with van der Waals surface area (Å²) < 4.78 is 74.9. The van der Waals surface area contributed by atoms with Crippen LogP contribution < -0.4 is 10.1 Å². The molecule has 1 aliphatic rings. The minimum absolute atomic E-state index is 0.0678. The van der Waals surface area contributed by atoms with Gasteiger partial charge in [-0.15, -0.1) is 11.3 Å². The fraction of sp³-hybridized carbons (Fsp3) is 0.192. The zero-order valence-corrected chi connectivity index (χ0v) is 20.1. The van der Waals surface area contributed by atoms with E-state index in [1.54, 1.807) is 13.0 Å². The SMILES string of the molecule is C=C(C)c1c(C(=O)N[C@H]2CCOc3ccccc32)sc2c(-c3cc(F)cc(F)c3)nc(C(F)(F)F)nc12. The summed E-state index contributed by atoms with van der Waals surface area (Å²) in [6.45, 7) is 5.75. The van der Waals surface area contributed by atoms with E-state index in [9.17, 15) is 26.7 Å². The van der Waals surface area contributed by atoms with Gasteiger partial charge in [0.25, 0.3) is 5.91 Å². The zero-order chi connectivity index (χ0) is 26.5. The monoisotopic (exact) mass is 531 g/mol. The molecule has 0 aliphatic carbocycles. The highest BCUT2D eigenvalue weighted by Gasteiger charge is 2.37. The Bertz CT molecular complexity index is 1540. The van der Waals surface area contributed by atoms with E-state index in [4.69, 9.17) is 4.74 Å². The third kappa shape index (κ3) is 4.66. The molecule has 1 amide bonds. The number of hydrogen-bond acceptors (Lipinski definition) is 5.